The van der Waals surface area contributed by atoms with Crippen LogP contribution in [0.2, 0.25) is 0 Å². The van der Waals surface area contributed by atoms with Crippen LogP contribution < -0.4 is 5.32 Å². The highest BCUT2D eigenvalue weighted by atomic mass is 16.4. The topological polar surface area (TPSA) is 82.8 Å². The number of hydrogen-bond acceptors (Lipinski definition) is 3. The van der Waals surface area contributed by atoms with E-state index in [4.69, 9.17) is 9.52 Å². The van der Waals surface area contributed by atoms with Crippen molar-refractivity contribution in [2.24, 2.45) is 5.92 Å². The number of anilines is 1. The first-order valence-electron chi connectivity index (χ1n) is 8.32. The molecule has 2 amide bonds. The van der Waals surface area contributed by atoms with E-state index in [1.54, 1.807) is 11.0 Å². The molecule has 1 atom stereocenters. The molecule has 2 aromatic carbocycles. The Kier molecular flexibility index (Phi) is 3.80. The van der Waals surface area contributed by atoms with Crippen molar-refractivity contribution in [1.82, 2.24) is 4.90 Å². The number of para-hydroxylation sites is 1. The second kappa shape index (κ2) is 6.12. The van der Waals surface area contributed by atoms with Crippen molar-refractivity contribution < 1.29 is 19.1 Å². The Morgan fingerprint density at radius 2 is 1.92 bits per heavy atom. The molecule has 0 spiro atoms. The monoisotopic (exact) mass is 338 g/mol. The van der Waals surface area contributed by atoms with Crippen LogP contribution >= 0.6 is 0 Å². The molecule has 1 aliphatic heterocycles. The lowest BCUT2D eigenvalue weighted by atomic mass is 9.99. The van der Waals surface area contributed by atoms with Crippen molar-refractivity contribution in [2.45, 2.75) is 12.8 Å². The summed E-state index contributed by atoms with van der Waals surface area (Å²) >= 11 is 0. The third-order valence-corrected chi connectivity index (χ3v) is 4.69. The number of aliphatic carboxylic acids is 1. The first-order chi connectivity index (χ1) is 12.1. The van der Waals surface area contributed by atoms with Crippen molar-refractivity contribution in [2.75, 3.05) is 18.4 Å². The van der Waals surface area contributed by atoms with E-state index in [1.807, 2.05) is 36.4 Å². The fourth-order valence-electron chi connectivity index (χ4n) is 3.37. The van der Waals surface area contributed by atoms with Crippen LogP contribution in [-0.4, -0.2) is 35.1 Å². The van der Waals surface area contributed by atoms with Crippen molar-refractivity contribution in [1.29, 1.82) is 0 Å². The molecule has 3 aromatic rings. The van der Waals surface area contributed by atoms with Gasteiger partial charge in [0.2, 0.25) is 0 Å². The highest BCUT2D eigenvalue weighted by molar-refractivity contribution is 6.06. The zero-order valence-electron chi connectivity index (χ0n) is 13.6. The molecule has 2 heterocycles. The van der Waals surface area contributed by atoms with E-state index in [0.29, 0.717) is 30.7 Å². The van der Waals surface area contributed by atoms with Gasteiger partial charge in [-0.3, -0.25) is 4.79 Å². The Morgan fingerprint density at radius 3 is 2.76 bits per heavy atom. The number of carbonyl (C=O) groups excluding carboxylic acids is 1. The summed E-state index contributed by atoms with van der Waals surface area (Å²) in [6.07, 6.45) is 1.32. The predicted molar refractivity (Wildman–Crippen MR) is 94.7 cm³/mol. The van der Waals surface area contributed by atoms with Crippen molar-refractivity contribution >= 4 is 39.6 Å². The van der Waals surface area contributed by atoms with Gasteiger partial charge >= 0.3 is 12.0 Å². The highest BCUT2D eigenvalue weighted by Crippen LogP contribution is 2.30. The minimum atomic E-state index is -0.846. The zero-order chi connectivity index (χ0) is 17.4. The van der Waals surface area contributed by atoms with Gasteiger partial charge in [-0.15, -0.1) is 0 Å². The SMILES string of the molecule is O=C(O)C1CCCN(C(=O)Nc2ccc3c(c2)oc2ccccc23)C1. The number of urea groups is 1. The van der Waals surface area contributed by atoms with Crippen LogP contribution in [0.3, 0.4) is 0 Å². The lowest BCUT2D eigenvalue weighted by Crippen LogP contribution is -2.44. The molecule has 0 saturated carbocycles. The molecule has 1 aromatic heterocycles. The first-order valence-corrected chi connectivity index (χ1v) is 8.32. The summed E-state index contributed by atoms with van der Waals surface area (Å²) in [5.74, 6) is -1.33. The van der Waals surface area contributed by atoms with Crippen LogP contribution in [0.4, 0.5) is 10.5 Å². The maximum atomic E-state index is 12.4. The van der Waals surface area contributed by atoms with Crippen LogP contribution in [0.5, 0.6) is 0 Å². The number of nitrogens with zero attached hydrogens (tertiary/aromatic N) is 1. The molecule has 1 aliphatic rings. The van der Waals surface area contributed by atoms with Gasteiger partial charge in [-0.05, 0) is 31.0 Å². The maximum absolute atomic E-state index is 12.4. The van der Waals surface area contributed by atoms with Gasteiger partial charge in [-0.25, -0.2) is 4.79 Å². The number of benzene rings is 2. The van der Waals surface area contributed by atoms with E-state index in [-0.39, 0.29) is 12.6 Å². The molecule has 2 N–H and O–H groups in total. The Labute approximate surface area is 144 Å². The van der Waals surface area contributed by atoms with Crippen molar-refractivity contribution in [3.05, 3.63) is 42.5 Å². The van der Waals surface area contributed by atoms with Gasteiger partial charge in [-0.1, -0.05) is 18.2 Å². The summed E-state index contributed by atoms with van der Waals surface area (Å²) in [6, 6.07) is 13.1. The number of fused-ring (bicyclic) bond motifs is 3. The minimum Gasteiger partial charge on any atom is -0.481 e. The third-order valence-electron chi connectivity index (χ3n) is 4.69. The lowest BCUT2D eigenvalue weighted by Gasteiger charge is -2.30. The van der Waals surface area contributed by atoms with Crippen LogP contribution in [0.15, 0.2) is 46.9 Å². The second-order valence-electron chi connectivity index (χ2n) is 6.36. The van der Waals surface area contributed by atoms with Gasteiger partial charge in [-0.2, -0.15) is 0 Å². The maximum Gasteiger partial charge on any atom is 0.321 e. The van der Waals surface area contributed by atoms with Gasteiger partial charge in [0.25, 0.3) is 0 Å². The number of amides is 2. The summed E-state index contributed by atoms with van der Waals surface area (Å²) in [6.45, 7) is 0.816. The van der Waals surface area contributed by atoms with E-state index in [1.165, 1.54) is 0 Å². The Bertz CT molecular complexity index is 962. The van der Waals surface area contributed by atoms with Crippen molar-refractivity contribution in [3.63, 3.8) is 0 Å². The Hall–Kier alpha value is -3.02. The van der Waals surface area contributed by atoms with Gasteiger partial charge < -0.3 is 19.7 Å². The number of carboxylic acids is 1. The number of nitrogens with one attached hydrogen (secondary N) is 1. The number of furan rings is 1. The van der Waals surface area contributed by atoms with E-state index < -0.39 is 11.9 Å². The molecule has 25 heavy (non-hydrogen) atoms. The smallest absolute Gasteiger partial charge is 0.321 e. The largest absolute Gasteiger partial charge is 0.481 e. The van der Waals surface area contributed by atoms with Gasteiger partial charge in [0.1, 0.15) is 11.2 Å². The fourth-order valence-corrected chi connectivity index (χ4v) is 3.37. The number of likely N-dealkylation sites (tertiary alicyclic amines) is 1. The molecule has 0 bridgehead atoms. The van der Waals surface area contributed by atoms with E-state index in [2.05, 4.69) is 5.32 Å². The molecule has 6 nitrogen and oxygen atoms in total. The van der Waals surface area contributed by atoms with E-state index in [9.17, 15) is 9.59 Å². The number of piperidine rings is 1. The molecular weight excluding hydrogens is 320 g/mol. The first kappa shape index (κ1) is 15.5. The van der Waals surface area contributed by atoms with Crippen LogP contribution in [0, 0.1) is 5.92 Å². The van der Waals surface area contributed by atoms with E-state index in [0.717, 1.165) is 16.4 Å². The number of carbonyl (C=O) groups is 2. The van der Waals surface area contributed by atoms with Gasteiger partial charge in [0.05, 0.1) is 5.92 Å². The Balaban J connectivity index is 1.55. The van der Waals surface area contributed by atoms with Crippen LogP contribution in [0.1, 0.15) is 12.8 Å². The molecular formula is C19H18N2O4. The normalized spacial score (nSPS) is 17.8. The second-order valence-corrected chi connectivity index (χ2v) is 6.36. The predicted octanol–water partition coefficient (Wildman–Crippen LogP) is 3.91. The molecule has 0 aliphatic carbocycles. The molecule has 128 valence electrons. The summed E-state index contributed by atoms with van der Waals surface area (Å²) in [4.78, 5) is 25.1. The standard InChI is InChI=1S/C19H18N2O4/c22-18(23)12-4-3-9-21(11-12)19(24)20-13-7-8-15-14-5-1-2-6-16(14)25-17(15)10-13/h1-2,5-8,10,12H,3-4,9,11H2,(H,20,24)(H,22,23). The molecule has 6 heteroatoms. The molecule has 0 radical (unpaired) electrons. The van der Waals surface area contributed by atoms with Crippen LogP contribution in [-0.2, 0) is 4.79 Å². The quantitative estimate of drug-likeness (QED) is 0.742. The number of rotatable bonds is 2. The summed E-state index contributed by atoms with van der Waals surface area (Å²) in [5.41, 5.74) is 2.15. The number of carboxylic acid groups (broad SMARTS) is 1. The average Bonchev–Trinajstić information content (AvgIpc) is 2.99. The zero-order valence-corrected chi connectivity index (χ0v) is 13.6. The number of hydrogen-bond donors (Lipinski definition) is 2. The summed E-state index contributed by atoms with van der Waals surface area (Å²) in [5, 5.41) is 14.0. The highest BCUT2D eigenvalue weighted by Gasteiger charge is 2.28. The summed E-state index contributed by atoms with van der Waals surface area (Å²) in [7, 11) is 0. The summed E-state index contributed by atoms with van der Waals surface area (Å²) < 4.78 is 5.83. The van der Waals surface area contributed by atoms with Gasteiger partial charge in [0, 0.05) is 35.6 Å². The molecule has 4 rings (SSSR count). The molecule has 1 unspecified atom stereocenters. The Morgan fingerprint density at radius 1 is 1.12 bits per heavy atom. The van der Waals surface area contributed by atoms with E-state index >= 15 is 0 Å². The minimum absolute atomic E-state index is 0.244. The molecule has 1 fully saturated rings. The average molecular weight is 338 g/mol. The molecule has 1 saturated heterocycles. The third kappa shape index (κ3) is 2.91. The fraction of sp³-hybridized carbons (Fsp3) is 0.263. The van der Waals surface area contributed by atoms with Crippen LogP contribution in [0.25, 0.3) is 21.9 Å². The lowest BCUT2D eigenvalue weighted by molar-refractivity contribution is -0.143. The van der Waals surface area contributed by atoms with Gasteiger partial charge in [0.15, 0.2) is 0 Å². The van der Waals surface area contributed by atoms with Crippen molar-refractivity contribution in [3.8, 4) is 0 Å².